The number of imidazole rings is 1. The Hall–Kier alpha value is -4.90. The first-order valence-corrected chi connectivity index (χ1v) is 15.8. The van der Waals surface area contributed by atoms with Gasteiger partial charge in [-0.05, 0) is 68.5 Å². The van der Waals surface area contributed by atoms with Gasteiger partial charge in [-0.1, -0.05) is 12.6 Å². The van der Waals surface area contributed by atoms with Crippen LogP contribution in [0.15, 0.2) is 49.1 Å². The number of methoxy groups -OCH3 is 1. The number of ether oxygens (including phenoxy) is 2. The minimum absolute atomic E-state index is 0.0786. The fourth-order valence-corrected chi connectivity index (χ4v) is 7.00. The van der Waals surface area contributed by atoms with Gasteiger partial charge in [0.1, 0.15) is 35.5 Å². The first-order valence-electron chi connectivity index (χ1n) is 15.8. The van der Waals surface area contributed by atoms with Crippen molar-refractivity contribution in [3.05, 3.63) is 83.3 Å². The number of carbonyl (C=O) groups is 1. The van der Waals surface area contributed by atoms with Crippen LogP contribution in [0.1, 0.15) is 42.0 Å². The average Bonchev–Trinajstić information content (AvgIpc) is 3.78. The number of nitrogens with zero attached hydrogens (tertiary/aromatic N) is 6. The number of aromatic nitrogens is 5. The molecular weight excluding hydrogens is 602 g/mol. The zero-order valence-electron chi connectivity index (χ0n) is 26.9. The predicted octanol–water partition coefficient (Wildman–Crippen LogP) is 6.36. The molecular formula is C36H36F2N6O3. The summed E-state index contributed by atoms with van der Waals surface area (Å²) in [5.41, 5.74) is 8.04. The first-order chi connectivity index (χ1) is 22.7. The lowest BCUT2D eigenvalue weighted by molar-refractivity contribution is -0.129. The van der Waals surface area contributed by atoms with Crippen LogP contribution in [0.25, 0.3) is 44.8 Å². The molecule has 2 aliphatic rings. The van der Waals surface area contributed by atoms with Crippen molar-refractivity contribution >= 4 is 16.9 Å². The van der Waals surface area contributed by atoms with Crippen molar-refractivity contribution < 1.29 is 23.0 Å². The summed E-state index contributed by atoms with van der Waals surface area (Å²) in [7, 11) is 3.53. The van der Waals surface area contributed by atoms with E-state index in [0.29, 0.717) is 36.5 Å². The van der Waals surface area contributed by atoms with Crippen LogP contribution in [0.3, 0.4) is 0 Å². The summed E-state index contributed by atoms with van der Waals surface area (Å²) in [6.45, 7) is 8.90. The Kier molecular flexibility index (Phi) is 7.87. The molecule has 0 radical (unpaired) electrons. The SMILES string of the molecule is C=CC(=O)N1CCn2nc(-c3nc(-c4ccc5c(c4)nc(C)n5C)c4c(c3-c3c(F)cc(F)cc3OCCOC)CCC4)cc2C1C. The van der Waals surface area contributed by atoms with E-state index < -0.39 is 11.6 Å². The summed E-state index contributed by atoms with van der Waals surface area (Å²) < 4.78 is 45.8. The van der Waals surface area contributed by atoms with Crippen molar-refractivity contribution in [3.8, 4) is 39.5 Å². The van der Waals surface area contributed by atoms with Crippen molar-refractivity contribution in [1.82, 2.24) is 29.2 Å². The Labute approximate surface area is 271 Å². The van der Waals surface area contributed by atoms with Crippen molar-refractivity contribution in [2.45, 2.75) is 45.7 Å². The standard InChI is InChI=1S/C36H36F2N6O3/c1-6-32(45)43-12-13-44-30(20(43)2)19-28(41-44)36-33(34-26(38)17-23(37)18-31(34)47-15-14-46-5)24-8-7-9-25(24)35(40-36)22-10-11-29-27(16-22)39-21(3)42(29)4/h6,10-11,16-20H,1,7-9,12-15H2,2-5H3. The molecule has 0 spiro atoms. The van der Waals surface area contributed by atoms with Crippen LogP contribution in [0.5, 0.6) is 5.75 Å². The number of carbonyl (C=O) groups excluding carboxylic acids is 1. The summed E-state index contributed by atoms with van der Waals surface area (Å²) in [6.07, 6.45) is 3.60. The van der Waals surface area contributed by atoms with Gasteiger partial charge < -0.3 is 18.9 Å². The molecule has 1 aliphatic heterocycles. The van der Waals surface area contributed by atoms with Crippen LogP contribution in [0.2, 0.25) is 0 Å². The largest absolute Gasteiger partial charge is 0.490 e. The molecule has 1 unspecified atom stereocenters. The molecule has 11 heteroatoms. The average molecular weight is 639 g/mol. The van der Waals surface area contributed by atoms with Crippen LogP contribution >= 0.6 is 0 Å². The van der Waals surface area contributed by atoms with Crippen molar-refractivity contribution in [2.75, 3.05) is 26.9 Å². The van der Waals surface area contributed by atoms with Gasteiger partial charge in [-0.15, -0.1) is 0 Å². The topological polar surface area (TPSA) is 87.3 Å². The van der Waals surface area contributed by atoms with E-state index in [1.54, 1.807) is 12.0 Å². The second-order valence-electron chi connectivity index (χ2n) is 12.1. The van der Waals surface area contributed by atoms with Crippen LogP contribution < -0.4 is 4.74 Å². The van der Waals surface area contributed by atoms with Gasteiger partial charge in [0.25, 0.3) is 0 Å². The Bertz CT molecular complexity index is 2070. The summed E-state index contributed by atoms with van der Waals surface area (Å²) in [4.78, 5) is 24.4. The maximum atomic E-state index is 16.1. The highest BCUT2D eigenvalue weighted by Crippen LogP contribution is 2.47. The van der Waals surface area contributed by atoms with Gasteiger partial charge in [0.05, 0.1) is 52.9 Å². The Morgan fingerprint density at radius 3 is 2.64 bits per heavy atom. The van der Waals surface area contributed by atoms with Gasteiger partial charge in [-0.2, -0.15) is 5.10 Å². The molecule has 3 aromatic heterocycles. The van der Waals surface area contributed by atoms with Gasteiger partial charge in [0.2, 0.25) is 5.91 Å². The summed E-state index contributed by atoms with van der Waals surface area (Å²) in [5, 5.41) is 4.97. The molecule has 0 saturated carbocycles. The van der Waals surface area contributed by atoms with Gasteiger partial charge in [-0.25, -0.2) is 18.7 Å². The number of fused-ring (bicyclic) bond motifs is 3. The van der Waals surface area contributed by atoms with E-state index in [9.17, 15) is 9.18 Å². The summed E-state index contributed by atoms with van der Waals surface area (Å²) in [5.74, 6) is -0.654. The van der Waals surface area contributed by atoms with E-state index in [4.69, 9.17) is 24.5 Å². The highest BCUT2D eigenvalue weighted by atomic mass is 19.1. The quantitative estimate of drug-likeness (QED) is 0.145. The molecule has 7 rings (SSSR count). The number of hydrogen-bond donors (Lipinski definition) is 0. The van der Waals surface area contributed by atoms with E-state index in [-0.39, 0.29) is 36.5 Å². The predicted molar refractivity (Wildman–Crippen MR) is 175 cm³/mol. The van der Waals surface area contributed by atoms with Crippen molar-refractivity contribution in [1.29, 1.82) is 0 Å². The van der Waals surface area contributed by atoms with Gasteiger partial charge in [0, 0.05) is 44.0 Å². The summed E-state index contributed by atoms with van der Waals surface area (Å²) >= 11 is 0. The molecule has 0 N–H and O–H groups in total. The van der Waals surface area contributed by atoms with E-state index in [1.165, 1.54) is 12.1 Å². The molecule has 5 aromatic rings. The first kappa shape index (κ1) is 30.7. The Morgan fingerprint density at radius 1 is 1.04 bits per heavy atom. The second kappa shape index (κ2) is 12.0. The fourth-order valence-electron chi connectivity index (χ4n) is 7.00. The Balaban J connectivity index is 1.49. The second-order valence-corrected chi connectivity index (χ2v) is 12.1. The van der Waals surface area contributed by atoms with Crippen LogP contribution in [-0.4, -0.2) is 62.0 Å². The lowest BCUT2D eigenvalue weighted by atomic mass is 9.90. The highest BCUT2D eigenvalue weighted by molar-refractivity contribution is 5.91. The van der Waals surface area contributed by atoms with Crippen LogP contribution in [0.4, 0.5) is 8.78 Å². The lowest BCUT2D eigenvalue weighted by Crippen LogP contribution is -2.40. The number of hydrogen-bond acceptors (Lipinski definition) is 6. The zero-order chi connectivity index (χ0) is 33.0. The molecule has 0 fully saturated rings. The molecule has 47 heavy (non-hydrogen) atoms. The van der Waals surface area contributed by atoms with Gasteiger partial charge in [0.15, 0.2) is 0 Å². The molecule has 1 amide bonds. The molecule has 4 heterocycles. The zero-order valence-corrected chi connectivity index (χ0v) is 26.9. The monoisotopic (exact) mass is 638 g/mol. The van der Waals surface area contributed by atoms with Crippen molar-refractivity contribution in [3.63, 3.8) is 0 Å². The summed E-state index contributed by atoms with van der Waals surface area (Å²) in [6, 6.07) is 9.89. The number of rotatable bonds is 8. The minimum Gasteiger partial charge on any atom is -0.490 e. The number of pyridine rings is 1. The van der Waals surface area contributed by atoms with Crippen molar-refractivity contribution in [2.24, 2.45) is 7.05 Å². The van der Waals surface area contributed by atoms with E-state index in [0.717, 1.165) is 63.8 Å². The number of amides is 1. The molecule has 242 valence electrons. The molecule has 0 saturated heterocycles. The third-order valence-electron chi connectivity index (χ3n) is 9.42. The molecule has 1 atom stereocenters. The van der Waals surface area contributed by atoms with Gasteiger partial charge in [-0.3, -0.25) is 9.48 Å². The molecule has 9 nitrogen and oxygen atoms in total. The van der Waals surface area contributed by atoms with Crippen LogP contribution in [0, 0.1) is 18.6 Å². The Morgan fingerprint density at radius 2 is 1.85 bits per heavy atom. The molecule has 1 aliphatic carbocycles. The normalized spacial score (nSPS) is 15.6. The van der Waals surface area contributed by atoms with Crippen LogP contribution in [-0.2, 0) is 36.0 Å². The maximum Gasteiger partial charge on any atom is 0.246 e. The van der Waals surface area contributed by atoms with E-state index in [1.807, 2.05) is 54.4 Å². The minimum atomic E-state index is -0.743. The number of benzene rings is 2. The maximum absolute atomic E-state index is 16.1. The number of halogens is 2. The lowest BCUT2D eigenvalue weighted by Gasteiger charge is -2.33. The fraction of sp³-hybridized carbons (Fsp3) is 0.333. The van der Waals surface area contributed by atoms with E-state index in [2.05, 4.69) is 6.58 Å². The molecule has 0 bridgehead atoms. The number of aryl methyl sites for hydroxylation is 2. The third kappa shape index (κ3) is 5.18. The smallest absolute Gasteiger partial charge is 0.246 e. The highest BCUT2D eigenvalue weighted by Gasteiger charge is 2.33. The molecule has 2 aromatic carbocycles. The van der Waals surface area contributed by atoms with Gasteiger partial charge >= 0.3 is 0 Å². The van der Waals surface area contributed by atoms with E-state index >= 15 is 4.39 Å². The third-order valence-corrected chi connectivity index (χ3v) is 9.42.